The van der Waals surface area contributed by atoms with Crippen LogP contribution in [-0.4, -0.2) is 5.78 Å². The Balaban J connectivity index is 2.13. The third kappa shape index (κ3) is 2.01. The molecule has 112 valence electrons. The average molecular weight is 282 g/mol. The standard InChI is InChI=1S/C20H26O/c1-13(2)14-6-8-16-15(12-14)7-9-17-19(3,4)18(21)10-11-20(16,17)5/h6,8-9,12-13H,7,10-11H2,1-5H3/t20-/m1/s1. The second-order valence-corrected chi connectivity index (χ2v) is 7.77. The van der Waals surface area contributed by atoms with Gasteiger partial charge in [-0.05, 0) is 49.3 Å². The van der Waals surface area contributed by atoms with Gasteiger partial charge in [0.15, 0.2) is 0 Å². The molecule has 1 atom stereocenters. The Hall–Kier alpha value is -1.37. The summed E-state index contributed by atoms with van der Waals surface area (Å²) in [4.78, 5) is 12.3. The molecule has 0 aromatic heterocycles. The van der Waals surface area contributed by atoms with Crippen LogP contribution in [0, 0.1) is 5.41 Å². The SMILES string of the molecule is CC(C)c1ccc2c(c1)CC=C1C(C)(C)C(=O)CC[C@@]12C. The molecule has 21 heavy (non-hydrogen) atoms. The Morgan fingerprint density at radius 2 is 1.86 bits per heavy atom. The maximum Gasteiger partial charge on any atom is 0.142 e. The number of fused-ring (bicyclic) bond motifs is 3. The molecule has 3 rings (SSSR count). The molecular formula is C20H26O. The van der Waals surface area contributed by atoms with Crippen molar-refractivity contribution in [3.05, 3.63) is 46.5 Å². The van der Waals surface area contributed by atoms with Gasteiger partial charge in [-0.15, -0.1) is 0 Å². The first-order valence-electron chi connectivity index (χ1n) is 8.14. The van der Waals surface area contributed by atoms with E-state index in [1.807, 2.05) is 0 Å². The topological polar surface area (TPSA) is 17.1 Å². The summed E-state index contributed by atoms with van der Waals surface area (Å²) < 4.78 is 0. The summed E-state index contributed by atoms with van der Waals surface area (Å²) >= 11 is 0. The van der Waals surface area contributed by atoms with E-state index in [-0.39, 0.29) is 10.8 Å². The second-order valence-electron chi connectivity index (χ2n) is 7.77. The van der Waals surface area contributed by atoms with Crippen LogP contribution in [0.2, 0.25) is 0 Å². The van der Waals surface area contributed by atoms with Crippen molar-refractivity contribution in [2.24, 2.45) is 5.41 Å². The van der Waals surface area contributed by atoms with E-state index in [0.717, 1.165) is 12.8 Å². The van der Waals surface area contributed by atoms with Crippen LogP contribution in [0.15, 0.2) is 29.8 Å². The van der Waals surface area contributed by atoms with Crippen LogP contribution in [-0.2, 0) is 16.6 Å². The highest BCUT2D eigenvalue weighted by atomic mass is 16.1. The zero-order chi connectivity index (χ0) is 15.4. The number of hydrogen-bond donors (Lipinski definition) is 0. The normalized spacial score (nSPS) is 27.1. The molecule has 1 nitrogen and oxygen atoms in total. The lowest BCUT2D eigenvalue weighted by Crippen LogP contribution is -2.45. The fraction of sp³-hybridized carbons (Fsp3) is 0.550. The van der Waals surface area contributed by atoms with Crippen LogP contribution in [0.3, 0.4) is 0 Å². The highest BCUT2D eigenvalue weighted by Gasteiger charge is 2.48. The predicted octanol–water partition coefficient (Wildman–Crippen LogP) is 4.94. The lowest BCUT2D eigenvalue weighted by Gasteiger charge is -2.48. The third-order valence-corrected chi connectivity index (χ3v) is 5.73. The summed E-state index contributed by atoms with van der Waals surface area (Å²) in [5.74, 6) is 0.964. The summed E-state index contributed by atoms with van der Waals surface area (Å²) in [6.07, 6.45) is 4.96. The lowest BCUT2D eigenvalue weighted by atomic mass is 9.55. The number of ketones is 1. The van der Waals surface area contributed by atoms with Gasteiger partial charge in [0.25, 0.3) is 0 Å². The summed E-state index contributed by atoms with van der Waals surface area (Å²) in [5, 5.41) is 0. The molecule has 0 spiro atoms. The van der Waals surface area contributed by atoms with Gasteiger partial charge in [0.05, 0.1) is 0 Å². The van der Waals surface area contributed by atoms with Crippen LogP contribution in [0.5, 0.6) is 0 Å². The molecule has 1 heteroatoms. The molecule has 0 unspecified atom stereocenters. The zero-order valence-electron chi connectivity index (χ0n) is 13.9. The maximum absolute atomic E-state index is 12.3. The van der Waals surface area contributed by atoms with E-state index < -0.39 is 0 Å². The Labute approximate surface area is 128 Å². The smallest absolute Gasteiger partial charge is 0.142 e. The minimum Gasteiger partial charge on any atom is -0.299 e. The van der Waals surface area contributed by atoms with Crippen LogP contribution in [0.4, 0.5) is 0 Å². The fourth-order valence-electron chi connectivity index (χ4n) is 4.30. The van der Waals surface area contributed by atoms with Crippen LogP contribution < -0.4 is 0 Å². The van der Waals surface area contributed by atoms with Gasteiger partial charge in [0.2, 0.25) is 0 Å². The molecule has 0 amide bonds. The summed E-state index contributed by atoms with van der Waals surface area (Å²) in [6, 6.07) is 6.98. The van der Waals surface area contributed by atoms with Crippen LogP contribution in [0.1, 0.15) is 70.1 Å². The lowest BCUT2D eigenvalue weighted by molar-refractivity contribution is -0.127. The van der Waals surface area contributed by atoms with E-state index in [1.54, 1.807) is 0 Å². The molecule has 0 saturated heterocycles. The molecule has 2 aliphatic rings. The number of Topliss-reactive ketones (excluding diaryl/α,β-unsaturated/α-hetero) is 1. The Kier molecular flexibility index (Phi) is 3.16. The number of allylic oxidation sites excluding steroid dienone is 2. The van der Waals surface area contributed by atoms with Crippen LogP contribution in [0.25, 0.3) is 0 Å². The molecule has 0 N–H and O–H groups in total. The Morgan fingerprint density at radius 1 is 1.14 bits per heavy atom. The minimum atomic E-state index is -0.304. The summed E-state index contributed by atoms with van der Waals surface area (Å²) in [7, 11) is 0. The van der Waals surface area contributed by atoms with Crippen molar-refractivity contribution in [2.75, 3.05) is 0 Å². The van der Waals surface area contributed by atoms with E-state index in [2.05, 4.69) is 58.9 Å². The van der Waals surface area contributed by atoms with Crippen molar-refractivity contribution >= 4 is 5.78 Å². The van der Waals surface area contributed by atoms with Crippen molar-refractivity contribution in [1.82, 2.24) is 0 Å². The first kappa shape index (κ1) is 14.6. The highest BCUT2D eigenvalue weighted by molar-refractivity contribution is 5.90. The number of hydrogen-bond acceptors (Lipinski definition) is 1. The van der Waals surface area contributed by atoms with Crippen molar-refractivity contribution < 1.29 is 4.79 Å². The Morgan fingerprint density at radius 3 is 2.52 bits per heavy atom. The molecule has 0 bridgehead atoms. The van der Waals surface area contributed by atoms with E-state index in [9.17, 15) is 4.79 Å². The monoisotopic (exact) mass is 282 g/mol. The molecule has 2 aliphatic carbocycles. The van der Waals surface area contributed by atoms with E-state index in [4.69, 9.17) is 0 Å². The van der Waals surface area contributed by atoms with Crippen molar-refractivity contribution in [2.45, 2.75) is 65.2 Å². The predicted molar refractivity (Wildman–Crippen MR) is 87.7 cm³/mol. The summed E-state index contributed by atoms with van der Waals surface area (Å²) in [6.45, 7) is 11.0. The second kappa shape index (κ2) is 4.56. The molecule has 1 aromatic carbocycles. The maximum atomic E-state index is 12.3. The molecule has 0 aliphatic heterocycles. The third-order valence-electron chi connectivity index (χ3n) is 5.73. The minimum absolute atomic E-state index is 0.0422. The van der Waals surface area contributed by atoms with Gasteiger partial charge in [-0.2, -0.15) is 0 Å². The molecule has 1 aromatic rings. The highest BCUT2D eigenvalue weighted by Crippen LogP contribution is 2.53. The van der Waals surface area contributed by atoms with Gasteiger partial charge in [-0.1, -0.05) is 50.6 Å². The number of rotatable bonds is 1. The molecule has 1 saturated carbocycles. The van der Waals surface area contributed by atoms with Gasteiger partial charge in [0, 0.05) is 17.3 Å². The summed E-state index contributed by atoms with van der Waals surface area (Å²) in [5.41, 5.74) is 5.40. The van der Waals surface area contributed by atoms with Gasteiger partial charge in [-0.3, -0.25) is 4.79 Å². The average Bonchev–Trinajstić information content (AvgIpc) is 2.43. The van der Waals surface area contributed by atoms with Gasteiger partial charge in [0.1, 0.15) is 5.78 Å². The largest absolute Gasteiger partial charge is 0.299 e. The van der Waals surface area contributed by atoms with Crippen molar-refractivity contribution in [3.8, 4) is 0 Å². The van der Waals surface area contributed by atoms with Gasteiger partial charge >= 0.3 is 0 Å². The first-order valence-corrected chi connectivity index (χ1v) is 8.14. The molecule has 1 fully saturated rings. The van der Waals surface area contributed by atoms with Crippen molar-refractivity contribution in [3.63, 3.8) is 0 Å². The number of carbonyl (C=O) groups excluding carboxylic acids is 1. The first-order chi connectivity index (χ1) is 9.76. The van der Waals surface area contributed by atoms with E-state index in [1.165, 1.54) is 22.3 Å². The zero-order valence-corrected chi connectivity index (χ0v) is 13.9. The molecule has 0 radical (unpaired) electrons. The van der Waals surface area contributed by atoms with E-state index in [0.29, 0.717) is 18.1 Å². The van der Waals surface area contributed by atoms with Crippen molar-refractivity contribution in [1.29, 1.82) is 0 Å². The number of carbonyl (C=O) groups is 1. The quantitative estimate of drug-likeness (QED) is 0.667. The molecular weight excluding hydrogens is 256 g/mol. The van der Waals surface area contributed by atoms with Gasteiger partial charge < -0.3 is 0 Å². The van der Waals surface area contributed by atoms with Crippen LogP contribution >= 0.6 is 0 Å². The number of benzene rings is 1. The van der Waals surface area contributed by atoms with E-state index >= 15 is 0 Å². The fourth-order valence-corrected chi connectivity index (χ4v) is 4.30. The Bertz CT molecular complexity index is 633. The molecule has 0 heterocycles. The van der Waals surface area contributed by atoms with Gasteiger partial charge in [-0.25, -0.2) is 0 Å².